The molecule has 0 heterocycles. The lowest BCUT2D eigenvalue weighted by Gasteiger charge is -2.32. The maximum Gasteiger partial charge on any atom is 0.132 e. The summed E-state index contributed by atoms with van der Waals surface area (Å²) < 4.78 is 18.1. The quantitative estimate of drug-likeness (QED) is 0.0269. The Morgan fingerprint density at radius 3 is 1.04 bits per heavy atom. The average Bonchev–Trinajstić information content (AvgIpc) is 3.08. The van der Waals surface area contributed by atoms with E-state index in [9.17, 15) is 14.4 Å². The largest absolute Gasteiger partial charge is 0.381 e. The van der Waals surface area contributed by atoms with Crippen LogP contribution in [0.4, 0.5) is 0 Å². The van der Waals surface area contributed by atoms with Crippen molar-refractivity contribution < 1.29 is 28.6 Å². The second kappa shape index (κ2) is 33.7. The Bertz CT molecular complexity index is 888. The molecular weight excluding hydrogens is 618 g/mol. The minimum Gasteiger partial charge on any atom is -0.381 e. The molecule has 0 aliphatic carbocycles. The lowest BCUT2D eigenvalue weighted by Crippen LogP contribution is -2.37. The summed E-state index contributed by atoms with van der Waals surface area (Å²) >= 11 is 0. The summed E-state index contributed by atoms with van der Waals surface area (Å²) in [7, 11) is 0. The molecule has 48 heavy (non-hydrogen) atoms. The predicted octanol–water partition coefficient (Wildman–Crippen LogP) is 9.09. The van der Waals surface area contributed by atoms with Crippen LogP contribution in [0.25, 0.3) is 31.3 Å². The standard InChI is InChI=1S/C33H59N9O6/c1-2-33(27-46-24-12-18-30(43)15-6-3-9-21-37-40-34,28-47-25-13-19-31(44)16-7-4-10-22-38-41-35)29-48-26-14-20-32(45)17-8-5-11-23-39-42-36/h2-29H2,1H3. The number of nitrogens with zero attached hydrogens (tertiary/aromatic N) is 9. The minimum absolute atomic E-state index is 0.209. The fourth-order valence-electron chi connectivity index (χ4n) is 4.96. The second-order valence-corrected chi connectivity index (χ2v) is 12.2. The first-order chi connectivity index (χ1) is 23.4. The number of rotatable bonds is 37. The molecule has 0 atom stereocenters. The van der Waals surface area contributed by atoms with Crippen LogP contribution in [0.3, 0.4) is 0 Å². The third-order valence-corrected chi connectivity index (χ3v) is 8.04. The topological polar surface area (TPSA) is 225 Å². The normalized spacial score (nSPS) is 11.9. The Morgan fingerprint density at radius 1 is 0.479 bits per heavy atom. The van der Waals surface area contributed by atoms with Gasteiger partial charge in [0.05, 0.1) is 19.8 Å². The molecule has 0 radical (unpaired) electrons. The van der Waals surface area contributed by atoms with Gasteiger partial charge in [0.2, 0.25) is 0 Å². The van der Waals surface area contributed by atoms with Crippen molar-refractivity contribution in [2.45, 2.75) is 129 Å². The molecule has 0 fully saturated rings. The van der Waals surface area contributed by atoms with Gasteiger partial charge in [0.1, 0.15) is 17.3 Å². The molecule has 272 valence electrons. The highest BCUT2D eigenvalue weighted by Gasteiger charge is 2.30. The van der Waals surface area contributed by atoms with Crippen LogP contribution in [0.1, 0.15) is 129 Å². The number of ether oxygens (including phenoxy) is 3. The molecule has 0 aromatic heterocycles. The maximum atomic E-state index is 12.2. The summed E-state index contributed by atoms with van der Waals surface area (Å²) in [4.78, 5) is 44.8. The second-order valence-electron chi connectivity index (χ2n) is 12.2. The van der Waals surface area contributed by atoms with Gasteiger partial charge in [-0.15, -0.1) is 0 Å². The van der Waals surface area contributed by atoms with Crippen LogP contribution >= 0.6 is 0 Å². The van der Waals surface area contributed by atoms with Crippen molar-refractivity contribution in [1.29, 1.82) is 0 Å². The first-order valence-corrected chi connectivity index (χ1v) is 17.7. The highest BCUT2D eigenvalue weighted by Crippen LogP contribution is 2.25. The minimum atomic E-state index is -0.387. The molecule has 0 saturated carbocycles. The average molecular weight is 678 g/mol. The molecule has 0 saturated heterocycles. The first-order valence-electron chi connectivity index (χ1n) is 17.7. The molecule has 0 amide bonds. The summed E-state index contributed by atoms with van der Waals surface area (Å²) in [6.45, 7) is 6.08. The molecule has 0 aromatic carbocycles. The van der Waals surface area contributed by atoms with E-state index in [1.807, 2.05) is 0 Å². The monoisotopic (exact) mass is 677 g/mol. The Kier molecular flexibility index (Phi) is 31.5. The van der Waals surface area contributed by atoms with E-state index < -0.39 is 0 Å². The number of hydrogen-bond donors (Lipinski definition) is 0. The van der Waals surface area contributed by atoms with Crippen molar-refractivity contribution in [2.75, 3.05) is 59.3 Å². The van der Waals surface area contributed by atoms with Crippen LogP contribution in [-0.2, 0) is 28.6 Å². The van der Waals surface area contributed by atoms with E-state index in [1.165, 1.54) is 0 Å². The fraction of sp³-hybridized carbons (Fsp3) is 0.909. The Morgan fingerprint density at radius 2 is 0.771 bits per heavy atom. The number of unbranched alkanes of at least 4 members (excludes halogenated alkanes) is 6. The zero-order valence-corrected chi connectivity index (χ0v) is 29.3. The molecular formula is C33H59N9O6. The van der Waals surface area contributed by atoms with E-state index in [2.05, 4.69) is 37.0 Å². The van der Waals surface area contributed by atoms with Crippen molar-refractivity contribution in [1.82, 2.24) is 0 Å². The molecule has 0 rings (SSSR count). The summed E-state index contributed by atoms with van der Waals surface area (Å²) in [5.41, 5.74) is 24.6. The number of carbonyl (C=O) groups excluding carboxylic acids is 3. The smallest absolute Gasteiger partial charge is 0.132 e. The third-order valence-electron chi connectivity index (χ3n) is 8.04. The van der Waals surface area contributed by atoms with Gasteiger partial charge in [-0.2, -0.15) is 0 Å². The van der Waals surface area contributed by atoms with Gasteiger partial charge in [-0.1, -0.05) is 41.5 Å². The fourth-order valence-corrected chi connectivity index (χ4v) is 4.96. The Hall–Kier alpha value is -3.18. The van der Waals surface area contributed by atoms with Crippen molar-refractivity contribution in [3.05, 3.63) is 31.3 Å². The van der Waals surface area contributed by atoms with Gasteiger partial charge in [-0.3, -0.25) is 14.4 Å². The van der Waals surface area contributed by atoms with Crippen LogP contribution < -0.4 is 0 Å². The number of hydrogen-bond acceptors (Lipinski definition) is 9. The third kappa shape index (κ3) is 29.0. The molecule has 0 bridgehead atoms. The highest BCUT2D eigenvalue weighted by molar-refractivity contribution is 5.78. The summed E-state index contributed by atoms with van der Waals surface area (Å²) in [5, 5.41) is 10.5. The van der Waals surface area contributed by atoms with E-state index in [1.54, 1.807) is 0 Å². The maximum absolute atomic E-state index is 12.2. The molecule has 0 aromatic rings. The van der Waals surface area contributed by atoms with E-state index in [-0.39, 0.29) is 22.8 Å². The van der Waals surface area contributed by atoms with E-state index in [0.717, 1.165) is 64.2 Å². The molecule has 15 heteroatoms. The van der Waals surface area contributed by atoms with Crippen LogP contribution in [0.5, 0.6) is 0 Å². The van der Waals surface area contributed by atoms with Gasteiger partial charge < -0.3 is 14.2 Å². The van der Waals surface area contributed by atoms with Gasteiger partial charge in [-0.25, -0.2) is 0 Å². The van der Waals surface area contributed by atoms with Gasteiger partial charge in [-0.05, 0) is 80.8 Å². The molecule has 15 nitrogen and oxygen atoms in total. The van der Waals surface area contributed by atoms with Crippen LogP contribution in [0, 0.1) is 5.41 Å². The number of ketones is 3. The first kappa shape index (κ1) is 44.8. The van der Waals surface area contributed by atoms with Crippen LogP contribution in [-0.4, -0.2) is 76.6 Å². The molecule has 0 unspecified atom stereocenters. The van der Waals surface area contributed by atoms with Gasteiger partial charge >= 0.3 is 0 Å². The summed E-state index contributed by atoms with van der Waals surface area (Å²) in [5.74, 6) is 0.628. The van der Waals surface area contributed by atoms with Crippen LogP contribution in [0.2, 0.25) is 0 Å². The summed E-state index contributed by atoms with van der Waals surface area (Å²) in [6, 6.07) is 0. The molecule has 0 N–H and O–H groups in total. The lowest BCUT2D eigenvalue weighted by molar-refractivity contribution is -0.120. The van der Waals surface area contributed by atoms with Gasteiger partial charge in [0.15, 0.2) is 0 Å². The number of Topliss-reactive ketones (excluding diaryl/α,β-unsaturated/α-hetero) is 3. The van der Waals surface area contributed by atoms with Crippen molar-refractivity contribution in [3.63, 3.8) is 0 Å². The van der Waals surface area contributed by atoms with E-state index in [0.29, 0.717) is 117 Å². The SMILES string of the molecule is CCC(COCCCC(=O)CCCCCN=[N+]=[N-])(COCCCC(=O)CCCCCN=[N+]=[N-])COCCCC(=O)CCCCCN=[N+]=[N-]. The highest BCUT2D eigenvalue weighted by atomic mass is 16.5. The zero-order valence-electron chi connectivity index (χ0n) is 29.3. The van der Waals surface area contributed by atoms with Crippen molar-refractivity contribution >= 4 is 17.3 Å². The van der Waals surface area contributed by atoms with E-state index in [4.69, 9.17) is 30.8 Å². The van der Waals surface area contributed by atoms with Gasteiger partial charge in [0, 0.05) is 98.1 Å². The van der Waals surface area contributed by atoms with Crippen LogP contribution in [0.15, 0.2) is 15.3 Å². The molecule has 0 aliphatic heterocycles. The molecule has 0 aliphatic rings. The van der Waals surface area contributed by atoms with Crippen molar-refractivity contribution in [3.8, 4) is 0 Å². The van der Waals surface area contributed by atoms with Crippen molar-refractivity contribution in [2.24, 2.45) is 20.8 Å². The Labute approximate surface area is 286 Å². The number of carbonyl (C=O) groups is 3. The lowest BCUT2D eigenvalue weighted by atomic mass is 9.88. The number of azide groups is 3. The Balaban J connectivity index is 4.58. The zero-order chi connectivity index (χ0) is 35.4. The predicted molar refractivity (Wildman–Crippen MR) is 185 cm³/mol. The summed E-state index contributed by atoms with van der Waals surface area (Å²) in [6.07, 6.45) is 13.0. The molecule has 0 spiro atoms. The van der Waals surface area contributed by atoms with E-state index >= 15 is 0 Å². The van der Waals surface area contributed by atoms with Gasteiger partial charge in [0.25, 0.3) is 0 Å².